The topological polar surface area (TPSA) is 23.2 Å². The summed E-state index contributed by atoms with van der Waals surface area (Å²) < 4.78 is 1.56. The van der Waals surface area contributed by atoms with Gasteiger partial charge in [-0.1, -0.05) is 6.58 Å². The van der Waals surface area contributed by atoms with Gasteiger partial charge in [0, 0.05) is 0 Å². The average Bonchev–Trinajstić information content (AvgIpc) is 1.88. The number of aliphatic hydroxyl groups excluding tert-OH is 1. The molecule has 0 aromatic rings. The van der Waals surface area contributed by atoms with Gasteiger partial charge in [0.15, 0.2) is 6.54 Å². The van der Waals surface area contributed by atoms with E-state index in [2.05, 4.69) is 12.5 Å². The molecule has 48 valence electrons. The van der Waals surface area contributed by atoms with E-state index in [4.69, 9.17) is 11.5 Å². The van der Waals surface area contributed by atoms with Crippen molar-refractivity contribution in [1.29, 1.82) is 0 Å². The highest BCUT2D eigenvalue weighted by molar-refractivity contribution is 5.35. The molecule has 0 unspecified atom stereocenters. The van der Waals surface area contributed by atoms with Crippen molar-refractivity contribution in [2.45, 2.75) is 0 Å². The fourth-order valence-corrected chi connectivity index (χ4v) is 0.436. The van der Waals surface area contributed by atoms with Crippen molar-refractivity contribution in [3.63, 3.8) is 0 Å². The van der Waals surface area contributed by atoms with E-state index in [-0.39, 0.29) is 0 Å². The quantitative estimate of drug-likeness (QED) is 0.190. The molecule has 0 bridgehead atoms. The first kappa shape index (κ1) is 7.77. The maximum absolute atomic E-state index is 8.45. The van der Waals surface area contributed by atoms with E-state index in [9.17, 15) is 0 Å². The molecule has 0 aliphatic heterocycles. The molecule has 0 atom stereocenters. The summed E-state index contributed by atoms with van der Waals surface area (Å²) in [5, 5.41) is 8.45. The highest BCUT2D eigenvalue weighted by Gasteiger charge is 1.93. The van der Waals surface area contributed by atoms with Crippen LogP contribution in [0.15, 0.2) is 12.7 Å². The Hall–Kier alpha value is -1.23. The largest absolute Gasteiger partial charge is 0.466 e. The van der Waals surface area contributed by atoms with Crippen LogP contribution in [-0.4, -0.2) is 29.2 Å². The Morgan fingerprint density at radius 1 is 1.78 bits per heavy atom. The van der Waals surface area contributed by atoms with Gasteiger partial charge in [0.25, 0.3) is 0 Å². The smallest absolute Gasteiger partial charge is 0.322 e. The Morgan fingerprint density at radius 3 is 2.78 bits per heavy atom. The number of aliphatic hydroxyl groups is 1. The van der Waals surface area contributed by atoms with E-state index in [0.717, 1.165) is 6.40 Å². The van der Waals surface area contributed by atoms with E-state index in [1.165, 1.54) is 0 Å². The molecular weight excluding hydrogens is 114 g/mol. The molecule has 9 heavy (non-hydrogen) atoms. The Balaban J connectivity index is 3.73. The number of terminal acetylenes is 1. The van der Waals surface area contributed by atoms with Gasteiger partial charge in [-0.25, -0.2) is 0 Å². The Kier molecular flexibility index (Phi) is 4.25. The third-order valence-electron chi connectivity index (χ3n) is 0.821. The Morgan fingerprint density at radius 2 is 2.44 bits per heavy atom. The van der Waals surface area contributed by atoms with Crippen molar-refractivity contribution in [2.24, 2.45) is 0 Å². The molecule has 0 fully saturated rings. The number of nitrogens with zero attached hydrogens (tertiary/aromatic N) is 1. The standard InChI is InChI=1S/C7H9NO/c1-3-5-8(7-9)6-4-2/h1,4,7H,2,5-6H2/p+1. The lowest BCUT2D eigenvalue weighted by Crippen LogP contribution is -2.12. The molecule has 0 aliphatic carbocycles. The van der Waals surface area contributed by atoms with Crippen LogP contribution in [0.2, 0.25) is 0 Å². The molecule has 0 aliphatic rings. The lowest BCUT2D eigenvalue weighted by atomic mass is 10.5. The van der Waals surface area contributed by atoms with Gasteiger partial charge in [0.2, 0.25) is 6.54 Å². The van der Waals surface area contributed by atoms with Gasteiger partial charge in [0.05, 0.1) is 0 Å². The van der Waals surface area contributed by atoms with Crippen LogP contribution in [0.3, 0.4) is 0 Å². The molecule has 0 aromatic heterocycles. The number of hydrogen-bond acceptors (Lipinski definition) is 0. The van der Waals surface area contributed by atoms with Gasteiger partial charge in [0.1, 0.15) is 0 Å². The zero-order valence-corrected chi connectivity index (χ0v) is 5.25. The molecule has 0 aromatic carbocycles. The zero-order valence-electron chi connectivity index (χ0n) is 5.25. The van der Waals surface area contributed by atoms with Crippen LogP contribution >= 0.6 is 0 Å². The van der Waals surface area contributed by atoms with E-state index < -0.39 is 0 Å². The SMILES string of the molecule is C#CC[N+](=CO)CC=C. The first-order valence-corrected chi connectivity index (χ1v) is 2.61. The van der Waals surface area contributed by atoms with Crippen molar-refractivity contribution in [2.75, 3.05) is 13.1 Å². The summed E-state index contributed by atoms with van der Waals surface area (Å²) in [5.74, 6) is 2.39. The normalized spacial score (nSPS) is 10.3. The molecule has 0 spiro atoms. The third-order valence-corrected chi connectivity index (χ3v) is 0.821. The van der Waals surface area contributed by atoms with Gasteiger partial charge in [-0.15, -0.1) is 6.42 Å². The fraction of sp³-hybridized carbons (Fsp3) is 0.286. The highest BCUT2D eigenvalue weighted by atomic mass is 16.3. The summed E-state index contributed by atoms with van der Waals surface area (Å²) in [5.41, 5.74) is 0. The zero-order chi connectivity index (χ0) is 7.11. The minimum Gasteiger partial charge on any atom is -0.466 e. The molecule has 0 heterocycles. The van der Waals surface area contributed by atoms with Crippen molar-refractivity contribution in [3.05, 3.63) is 12.7 Å². The second kappa shape index (κ2) is 4.92. The lowest BCUT2D eigenvalue weighted by Gasteiger charge is -1.89. The van der Waals surface area contributed by atoms with Crippen LogP contribution in [0.5, 0.6) is 0 Å². The average molecular weight is 124 g/mol. The van der Waals surface area contributed by atoms with Gasteiger partial charge < -0.3 is 5.11 Å². The molecule has 0 saturated carbocycles. The summed E-state index contributed by atoms with van der Waals surface area (Å²) in [4.78, 5) is 0. The van der Waals surface area contributed by atoms with E-state index in [0.29, 0.717) is 13.1 Å². The molecule has 0 saturated heterocycles. The first-order valence-electron chi connectivity index (χ1n) is 2.61. The van der Waals surface area contributed by atoms with Crippen LogP contribution < -0.4 is 0 Å². The van der Waals surface area contributed by atoms with Crippen LogP contribution in [0.25, 0.3) is 0 Å². The number of rotatable bonds is 3. The monoisotopic (exact) mass is 124 g/mol. The maximum Gasteiger partial charge on any atom is 0.322 e. The Bertz CT molecular complexity index is 153. The van der Waals surface area contributed by atoms with Crippen molar-refractivity contribution in [3.8, 4) is 12.3 Å². The molecule has 1 N–H and O–H groups in total. The van der Waals surface area contributed by atoms with E-state index >= 15 is 0 Å². The van der Waals surface area contributed by atoms with E-state index in [1.54, 1.807) is 10.7 Å². The Labute approximate surface area is 55.1 Å². The van der Waals surface area contributed by atoms with Crippen LogP contribution in [0, 0.1) is 12.3 Å². The van der Waals surface area contributed by atoms with Gasteiger partial charge in [-0.2, -0.15) is 4.58 Å². The maximum atomic E-state index is 8.45. The highest BCUT2D eigenvalue weighted by Crippen LogP contribution is 1.71. The third kappa shape index (κ3) is 3.36. The summed E-state index contributed by atoms with van der Waals surface area (Å²) in [7, 11) is 0. The van der Waals surface area contributed by atoms with Crippen LogP contribution in [-0.2, 0) is 0 Å². The van der Waals surface area contributed by atoms with Crippen LogP contribution in [0.4, 0.5) is 0 Å². The molecule has 2 heteroatoms. The van der Waals surface area contributed by atoms with Gasteiger partial charge in [-0.3, -0.25) is 0 Å². The lowest BCUT2D eigenvalue weighted by molar-refractivity contribution is -0.507. The molecule has 0 radical (unpaired) electrons. The summed E-state index contributed by atoms with van der Waals surface area (Å²) in [6, 6.07) is 0. The second-order valence-electron chi connectivity index (χ2n) is 1.54. The minimum absolute atomic E-state index is 0.419. The first-order chi connectivity index (χ1) is 4.35. The summed E-state index contributed by atoms with van der Waals surface area (Å²) in [6.45, 7) is 4.49. The summed E-state index contributed by atoms with van der Waals surface area (Å²) in [6.07, 6.45) is 7.61. The molecule has 0 rings (SSSR count). The molecule has 2 nitrogen and oxygen atoms in total. The van der Waals surface area contributed by atoms with Crippen molar-refractivity contribution in [1.82, 2.24) is 0 Å². The number of hydrogen-bond donors (Lipinski definition) is 1. The van der Waals surface area contributed by atoms with Gasteiger partial charge in [-0.05, 0) is 12.0 Å². The molecule has 0 amide bonds. The van der Waals surface area contributed by atoms with Gasteiger partial charge >= 0.3 is 6.40 Å². The predicted molar refractivity (Wildman–Crippen MR) is 37.7 cm³/mol. The van der Waals surface area contributed by atoms with E-state index in [1.807, 2.05) is 0 Å². The fourth-order valence-electron chi connectivity index (χ4n) is 0.436. The van der Waals surface area contributed by atoms with Crippen molar-refractivity contribution >= 4 is 6.40 Å². The second-order valence-corrected chi connectivity index (χ2v) is 1.54. The summed E-state index contributed by atoms with van der Waals surface area (Å²) >= 11 is 0. The minimum atomic E-state index is 0.419. The predicted octanol–water partition coefficient (Wildman–Crippen LogP) is 0.404. The van der Waals surface area contributed by atoms with Crippen molar-refractivity contribution < 1.29 is 9.68 Å². The molecular formula is C7H10NO+. The van der Waals surface area contributed by atoms with Crippen LogP contribution in [0.1, 0.15) is 0 Å².